The first-order valence-corrected chi connectivity index (χ1v) is 13.2. The molecule has 0 bridgehead atoms. The maximum atomic E-state index is 2.56. The van der Waals surface area contributed by atoms with Crippen molar-refractivity contribution < 1.29 is 0 Å². The number of anilines is 1. The molecule has 2 atom stereocenters. The summed E-state index contributed by atoms with van der Waals surface area (Å²) >= 11 is 0. The topological polar surface area (TPSA) is 3.24 Å². The Balaban J connectivity index is 1.45. The molecule has 1 aromatic carbocycles. The first-order chi connectivity index (χ1) is 17.2. The predicted molar refractivity (Wildman–Crippen MR) is 151 cm³/mol. The number of hydrogen-bond acceptors (Lipinski definition) is 1. The van der Waals surface area contributed by atoms with Gasteiger partial charge in [-0.15, -0.1) is 0 Å². The van der Waals surface area contributed by atoms with Crippen molar-refractivity contribution in [2.45, 2.75) is 58.4 Å². The molecule has 35 heavy (non-hydrogen) atoms. The lowest BCUT2D eigenvalue weighted by molar-refractivity contribution is 0.711. The highest BCUT2D eigenvalue weighted by molar-refractivity contribution is 5.58. The maximum absolute atomic E-state index is 2.56. The summed E-state index contributed by atoms with van der Waals surface area (Å²) in [5.41, 5.74) is 9.82. The van der Waals surface area contributed by atoms with Crippen LogP contribution in [0.4, 0.5) is 5.69 Å². The molecule has 0 aliphatic heterocycles. The van der Waals surface area contributed by atoms with E-state index in [9.17, 15) is 0 Å². The molecule has 1 heteroatoms. The monoisotopic (exact) mass is 459 g/mol. The van der Waals surface area contributed by atoms with Gasteiger partial charge in [0, 0.05) is 17.3 Å². The summed E-state index contributed by atoms with van der Waals surface area (Å²) in [6, 6.07) is 9.38. The smallest absolute Gasteiger partial charge is 0.0556 e. The molecule has 0 aromatic heterocycles. The van der Waals surface area contributed by atoms with E-state index in [0.29, 0.717) is 12.0 Å². The molecule has 178 valence electrons. The third-order valence-electron chi connectivity index (χ3n) is 7.48. The molecule has 1 aromatic rings. The van der Waals surface area contributed by atoms with Crippen LogP contribution in [0, 0.1) is 12.8 Å². The average molecular weight is 460 g/mol. The summed E-state index contributed by atoms with van der Waals surface area (Å²) < 4.78 is 0. The van der Waals surface area contributed by atoms with Gasteiger partial charge in [-0.1, -0.05) is 96.2 Å². The Bertz CT molecular complexity index is 1200. The van der Waals surface area contributed by atoms with Crippen molar-refractivity contribution in [2.24, 2.45) is 5.92 Å². The summed E-state index contributed by atoms with van der Waals surface area (Å²) in [5, 5.41) is 0. The zero-order chi connectivity index (χ0) is 24.0. The summed E-state index contributed by atoms with van der Waals surface area (Å²) in [6.07, 6.45) is 36.7. The second-order valence-electron chi connectivity index (χ2n) is 10.1. The van der Waals surface area contributed by atoms with Gasteiger partial charge in [0.15, 0.2) is 0 Å². The Morgan fingerprint density at radius 2 is 1.74 bits per heavy atom. The predicted octanol–water partition coefficient (Wildman–Crippen LogP) is 9.02. The van der Waals surface area contributed by atoms with Gasteiger partial charge in [-0.2, -0.15) is 0 Å². The minimum absolute atomic E-state index is 0.368. The van der Waals surface area contributed by atoms with Crippen molar-refractivity contribution >= 4 is 5.69 Å². The van der Waals surface area contributed by atoms with Crippen molar-refractivity contribution in [3.8, 4) is 0 Å². The molecule has 4 aliphatic carbocycles. The minimum Gasteiger partial charge on any atom is -0.338 e. The van der Waals surface area contributed by atoms with Crippen LogP contribution >= 0.6 is 0 Å². The Morgan fingerprint density at radius 3 is 2.40 bits per heavy atom. The molecule has 4 aliphatic rings. The standard InChI is InChI=1S/C34H37N/c1-26-13-19-31(20-14-26)35(32-21-15-27(2)16-22-32)33-23-17-28(18-24-33)25-34(29-9-5-3-6-10-29)30-11-7-4-8-12-30/h3-7,9,11,13-17,19-21,23,25,29,32H,8,10,12,18,22,24H2,1-2H3. The summed E-state index contributed by atoms with van der Waals surface area (Å²) in [7, 11) is 0. The number of hydrogen-bond donors (Lipinski definition) is 0. The molecule has 0 saturated heterocycles. The van der Waals surface area contributed by atoms with E-state index in [1.165, 1.54) is 39.2 Å². The van der Waals surface area contributed by atoms with Crippen molar-refractivity contribution in [2.75, 3.05) is 4.90 Å². The summed E-state index contributed by atoms with van der Waals surface area (Å²) in [6.45, 7) is 4.35. The lowest BCUT2D eigenvalue weighted by Gasteiger charge is -2.36. The lowest BCUT2D eigenvalue weighted by atomic mass is 9.82. The third-order valence-corrected chi connectivity index (χ3v) is 7.48. The Hall–Kier alpha value is -3.32. The molecule has 0 heterocycles. The van der Waals surface area contributed by atoms with E-state index >= 15 is 0 Å². The van der Waals surface area contributed by atoms with Crippen LogP contribution in [-0.4, -0.2) is 6.04 Å². The van der Waals surface area contributed by atoms with Crippen LogP contribution in [0.2, 0.25) is 0 Å². The van der Waals surface area contributed by atoms with Crippen molar-refractivity contribution in [3.05, 3.63) is 137 Å². The lowest BCUT2D eigenvalue weighted by Crippen LogP contribution is -2.34. The van der Waals surface area contributed by atoms with Crippen LogP contribution in [0.15, 0.2) is 131 Å². The summed E-state index contributed by atoms with van der Waals surface area (Å²) in [4.78, 5) is 2.56. The van der Waals surface area contributed by atoms with E-state index in [-0.39, 0.29) is 0 Å². The van der Waals surface area contributed by atoms with Crippen LogP contribution < -0.4 is 4.90 Å². The van der Waals surface area contributed by atoms with Crippen molar-refractivity contribution in [1.29, 1.82) is 0 Å². The number of aryl methyl sites for hydroxylation is 1. The quantitative estimate of drug-likeness (QED) is 0.410. The fourth-order valence-corrected chi connectivity index (χ4v) is 5.44. The SMILES string of the molecule is CC1=CCC(N(C2=CC=C(C=C(C3=CC=CCC3)C3C=CC=CC3)CC2)c2ccc(C)cc2)C=C1. The molecule has 0 amide bonds. The van der Waals surface area contributed by atoms with Crippen molar-refractivity contribution in [3.63, 3.8) is 0 Å². The van der Waals surface area contributed by atoms with Gasteiger partial charge >= 0.3 is 0 Å². The molecule has 2 unspecified atom stereocenters. The Kier molecular flexibility index (Phi) is 7.33. The van der Waals surface area contributed by atoms with E-state index in [0.717, 1.165) is 38.5 Å². The third kappa shape index (κ3) is 5.68. The van der Waals surface area contributed by atoms with Gasteiger partial charge in [-0.05, 0) is 87.3 Å². The van der Waals surface area contributed by atoms with E-state index in [1.54, 1.807) is 0 Å². The van der Waals surface area contributed by atoms with Gasteiger partial charge in [-0.25, -0.2) is 0 Å². The Labute approximate surface area is 211 Å². The molecule has 5 rings (SSSR count). The van der Waals surface area contributed by atoms with E-state index in [1.807, 2.05) is 0 Å². The minimum atomic E-state index is 0.368. The van der Waals surface area contributed by atoms with Crippen LogP contribution in [0.25, 0.3) is 0 Å². The zero-order valence-corrected chi connectivity index (χ0v) is 21.2. The number of benzene rings is 1. The van der Waals surface area contributed by atoms with Crippen LogP contribution in [0.5, 0.6) is 0 Å². The first kappa shape index (κ1) is 23.4. The van der Waals surface area contributed by atoms with E-state index in [2.05, 4.69) is 122 Å². The molecule has 0 fully saturated rings. The molecule has 0 saturated carbocycles. The molecule has 1 nitrogen and oxygen atoms in total. The second kappa shape index (κ2) is 11.0. The number of rotatable bonds is 6. The summed E-state index contributed by atoms with van der Waals surface area (Å²) in [5.74, 6) is 0.482. The van der Waals surface area contributed by atoms with Gasteiger partial charge in [0.2, 0.25) is 0 Å². The molecule has 0 N–H and O–H groups in total. The average Bonchev–Trinajstić information content (AvgIpc) is 2.91. The van der Waals surface area contributed by atoms with E-state index in [4.69, 9.17) is 0 Å². The zero-order valence-electron chi connectivity index (χ0n) is 21.2. The molecular weight excluding hydrogens is 422 g/mol. The molecule has 0 spiro atoms. The van der Waals surface area contributed by atoms with Gasteiger partial charge in [0.25, 0.3) is 0 Å². The van der Waals surface area contributed by atoms with E-state index < -0.39 is 0 Å². The second-order valence-corrected chi connectivity index (χ2v) is 10.1. The van der Waals surface area contributed by atoms with Crippen molar-refractivity contribution in [1.82, 2.24) is 0 Å². The Morgan fingerprint density at radius 1 is 0.857 bits per heavy atom. The largest absolute Gasteiger partial charge is 0.338 e. The number of allylic oxidation sites excluding steroid dienone is 16. The van der Waals surface area contributed by atoms with Gasteiger partial charge in [-0.3, -0.25) is 0 Å². The van der Waals surface area contributed by atoms with Crippen LogP contribution in [0.3, 0.4) is 0 Å². The normalized spacial score (nSPS) is 24.0. The van der Waals surface area contributed by atoms with Gasteiger partial charge < -0.3 is 4.90 Å². The van der Waals surface area contributed by atoms with Crippen LogP contribution in [-0.2, 0) is 0 Å². The first-order valence-electron chi connectivity index (χ1n) is 13.2. The van der Waals surface area contributed by atoms with Crippen LogP contribution in [0.1, 0.15) is 51.0 Å². The molecular formula is C34H37N. The van der Waals surface area contributed by atoms with Gasteiger partial charge in [0.05, 0.1) is 6.04 Å². The number of nitrogens with zero attached hydrogens (tertiary/aromatic N) is 1. The highest BCUT2D eigenvalue weighted by Crippen LogP contribution is 2.36. The molecule has 0 radical (unpaired) electrons. The fourth-order valence-electron chi connectivity index (χ4n) is 5.44. The fraction of sp³-hybridized carbons (Fsp3) is 0.294. The van der Waals surface area contributed by atoms with Gasteiger partial charge in [0.1, 0.15) is 0 Å². The highest BCUT2D eigenvalue weighted by atomic mass is 15.2. The highest BCUT2D eigenvalue weighted by Gasteiger charge is 2.23. The maximum Gasteiger partial charge on any atom is 0.0556 e.